The lowest BCUT2D eigenvalue weighted by atomic mass is 10.2. The lowest BCUT2D eigenvalue weighted by Crippen LogP contribution is -2.01. The molecule has 0 heterocycles. The van der Waals surface area contributed by atoms with Gasteiger partial charge in [-0.25, -0.2) is 0 Å². The molecule has 0 bridgehead atoms. The van der Waals surface area contributed by atoms with Gasteiger partial charge in [-0.15, -0.1) is 0 Å². The Bertz CT molecular complexity index is 89.7. The molecule has 0 saturated carbocycles. The van der Waals surface area contributed by atoms with Gasteiger partial charge in [0.15, 0.2) is 0 Å². The van der Waals surface area contributed by atoms with E-state index in [2.05, 4.69) is 0 Å². The van der Waals surface area contributed by atoms with Crippen molar-refractivity contribution < 1.29 is 0 Å². The Hall–Kier alpha value is -0.370. The predicted octanol–water partition coefficient (Wildman–Crippen LogP) is 1.49. The van der Waals surface area contributed by atoms with Crippen LogP contribution in [0.25, 0.3) is 0 Å². The van der Waals surface area contributed by atoms with Crippen molar-refractivity contribution in [2.24, 2.45) is 5.92 Å². The molecule has 0 fully saturated rings. The van der Waals surface area contributed by atoms with Gasteiger partial charge in [-0.3, -0.25) is 5.41 Å². The number of nitrogens with one attached hydrogen (secondary N) is 2. The molecular weight excluding hydrogens is 112 g/mol. The molecule has 0 aromatic carbocycles. The van der Waals surface area contributed by atoms with Gasteiger partial charge in [-0.1, -0.05) is 18.5 Å². The number of halogens is 1. The Morgan fingerprint density at radius 1 is 1.86 bits per heavy atom. The van der Waals surface area contributed by atoms with Crippen molar-refractivity contribution in [3.05, 3.63) is 0 Å². The van der Waals surface area contributed by atoms with E-state index in [0.29, 0.717) is 0 Å². The summed E-state index contributed by atoms with van der Waals surface area (Å²) in [4.78, 5) is 0. The second kappa shape index (κ2) is 2.75. The third-order valence-corrected chi connectivity index (χ3v) is 0.994. The Kier molecular flexibility index (Phi) is 2.60. The molecule has 0 radical (unpaired) electrons. The van der Waals surface area contributed by atoms with Crippen molar-refractivity contribution in [2.45, 2.75) is 6.92 Å². The Labute approximate surface area is 47.5 Å². The van der Waals surface area contributed by atoms with Crippen LogP contribution >= 0.6 is 11.6 Å². The third-order valence-electron chi connectivity index (χ3n) is 0.650. The fourth-order valence-electron chi connectivity index (χ4n) is 0.0732. The van der Waals surface area contributed by atoms with Crippen LogP contribution in [0.1, 0.15) is 6.92 Å². The van der Waals surface area contributed by atoms with E-state index in [0.717, 1.165) is 6.21 Å². The molecule has 1 unspecified atom stereocenters. The highest BCUT2D eigenvalue weighted by atomic mass is 35.5. The van der Waals surface area contributed by atoms with Crippen LogP contribution in [0.5, 0.6) is 0 Å². The minimum atomic E-state index is -0.207. The molecule has 3 heteroatoms. The van der Waals surface area contributed by atoms with Crippen LogP contribution in [0.15, 0.2) is 0 Å². The largest absolute Gasteiger partial charge is 0.312 e. The average molecular weight is 119 g/mol. The maximum absolute atomic E-state index is 6.71. The minimum absolute atomic E-state index is 0.0231. The quantitative estimate of drug-likeness (QED) is 0.516. The predicted molar refractivity (Wildman–Crippen MR) is 31.5 cm³/mol. The molecule has 0 rings (SSSR count). The van der Waals surface area contributed by atoms with E-state index < -0.39 is 0 Å². The SMILES string of the molecule is CC(C=N)C(=N)Cl. The highest BCUT2D eigenvalue weighted by molar-refractivity contribution is 6.66. The third kappa shape index (κ3) is 2.34. The molecule has 0 aromatic rings. The second-order valence-electron chi connectivity index (χ2n) is 1.30. The number of hydrogen-bond acceptors (Lipinski definition) is 2. The smallest absolute Gasteiger partial charge is 0.105 e. The van der Waals surface area contributed by atoms with Gasteiger partial charge in [0.2, 0.25) is 0 Å². The van der Waals surface area contributed by atoms with Crippen LogP contribution in [0.4, 0.5) is 0 Å². The van der Waals surface area contributed by atoms with E-state index in [1.165, 1.54) is 0 Å². The first-order valence-electron chi connectivity index (χ1n) is 1.93. The molecule has 0 spiro atoms. The van der Waals surface area contributed by atoms with Gasteiger partial charge in [0.05, 0.1) is 0 Å². The summed E-state index contributed by atoms with van der Waals surface area (Å²) in [7, 11) is 0. The first kappa shape index (κ1) is 6.63. The summed E-state index contributed by atoms with van der Waals surface area (Å²) in [6.45, 7) is 1.70. The monoisotopic (exact) mass is 118 g/mol. The van der Waals surface area contributed by atoms with Crippen LogP contribution in [-0.2, 0) is 0 Å². The lowest BCUT2D eigenvalue weighted by molar-refractivity contribution is 1.08. The van der Waals surface area contributed by atoms with E-state index in [1.807, 2.05) is 0 Å². The molecule has 2 nitrogen and oxygen atoms in total. The van der Waals surface area contributed by atoms with Gasteiger partial charge in [0, 0.05) is 12.1 Å². The Balaban J connectivity index is 3.55. The minimum Gasteiger partial charge on any atom is -0.312 e. The zero-order valence-electron chi connectivity index (χ0n) is 4.03. The fourth-order valence-corrected chi connectivity index (χ4v) is 0.136. The fraction of sp³-hybridized carbons (Fsp3) is 0.500. The molecule has 0 aliphatic rings. The zero-order chi connectivity index (χ0) is 5.86. The van der Waals surface area contributed by atoms with Crippen molar-refractivity contribution in [3.8, 4) is 0 Å². The summed E-state index contributed by atoms with van der Waals surface area (Å²) in [6.07, 6.45) is 1.13. The van der Waals surface area contributed by atoms with E-state index in [-0.39, 0.29) is 11.1 Å². The van der Waals surface area contributed by atoms with Crippen molar-refractivity contribution in [1.82, 2.24) is 0 Å². The summed E-state index contributed by atoms with van der Waals surface area (Å²) in [5.41, 5.74) is 0. The highest BCUT2D eigenvalue weighted by Gasteiger charge is 1.98. The first-order valence-corrected chi connectivity index (χ1v) is 2.30. The maximum Gasteiger partial charge on any atom is 0.105 e. The van der Waals surface area contributed by atoms with Crippen LogP contribution in [-0.4, -0.2) is 11.4 Å². The van der Waals surface area contributed by atoms with Crippen molar-refractivity contribution in [1.29, 1.82) is 10.8 Å². The normalized spacial score (nSPS) is 12.9. The van der Waals surface area contributed by atoms with Gasteiger partial charge < -0.3 is 5.41 Å². The van der Waals surface area contributed by atoms with Gasteiger partial charge in [-0.2, -0.15) is 0 Å². The highest BCUT2D eigenvalue weighted by Crippen LogP contribution is 1.94. The van der Waals surface area contributed by atoms with Gasteiger partial charge in [0.25, 0.3) is 0 Å². The van der Waals surface area contributed by atoms with Crippen LogP contribution < -0.4 is 0 Å². The topological polar surface area (TPSA) is 47.7 Å². The first-order chi connectivity index (χ1) is 3.18. The number of rotatable bonds is 2. The standard InChI is InChI=1S/C4H7ClN2/c1-3(2-6)4(5)7/h2-3,6-7H,1H3. The van der Waals surface area contributed by atoms with Crippen LogP contribution in [0.2, 0.25) is 0 Å². The molecule has 0 amide bonds. The van der Waals surface area contributed by atoms with E-state index >= 15 is 0 Å². The van der Waals surface area contributed by atoms with E-state index in [4.69, 9.17) is 22.4 Å². The summed E-state index contributed by atoms with van der Waals surface area (Å²) in [5.74, 6) is -0.207. The van der Waals surface area contributed by atoms with Gasteiger partial charge in [0.1, 0.15) is 5.17 Å². The van der Waals surface area contributed by atoms with Crippen LogP contribution in [0, 0.1) is 16.7 Å². The molecule has 7 heavy (non-hydrogen) atoms. The van der Waals surface area contributed by atoms with Gasteiger partial charge in [-0.05, 0) is 0 Å². The van der Waals surface area contributed by atoms with Crippen LogP contribution in [0.3, 0.4) is 0 Å². The molecule has 0 saturated heterocycles. The molecule has 40 valence electrons. The second-order valence-corrected chi connectivity index (χ2v) is 1.71. The molecule has 0 aliphatic carbocycles. The zero-order valence-corrected chi connectivity index (χ0v) is 4.79. The number of hydrogen-bond donors (Lipinski definition) is 2. The van der Waals surface area contributed by atoms with Gasteiger partial charge >= 0.3 is 0 Å². The molecule has 0 aromatic heterocycles. The summed E-state index contributed by atoms with van der Waals surface area (Å²) in [6, 6.07) is 0. The van der Waals surface area contributed by atoms with Crippen molar-refractivity contribution in [2.75, 3.05) is 0 Å². The molecule has 2 N–H and O–H groups in total. The van der Waals surface area contributed by atoms with Crippen molar-refractivity contribution >= 4 is 23.0 Å². The average Bonchev–Trinajstić information content (AvgIpc) is 1.65. The molecule has 1 atom stereocenters. The summed E-state index contributed by atoms with van der Waals surface area (Å²) in [5, 5.41) is 13.3. The summed E-state index contributed by atoms with van der Waals surface area (Å²) < 4.78 is 0. The van der Waals surface area contributed by atoms with Crippen molar-refractivity contribution in [3.63, 3.8) is 0 Å². The van der Waals surface area contributed by atoms with E-state index in [9.17, 15) is 0 Å². The Morgan fingerprint density at radius 2 is 2.29 bits per heavy atom. The lowest BCUT2D eigenvalue weighted by Gasteiger charge is -1.93. The van der Waals surface area contributed by atoms with E-state index in [1.54, 1.807) is 6.92 Å². The summed E-state index contributed by atoms with van der Waals surface area (Å²) >= 11 is 5.16. The maximum atomic E-state index is 6.71. The molecular formula is C4H7ClN2. The Morgan fingerprint density at radius 3 is 2.29 bits per heavy atom. The molecule has 0 aliphatic heterocycles.